The summed E-state index contributed by atoms with van der Waals surface area (Å²) >= 11 is 9.40. The van der Waals surface area contributed by atoms with Gasteiger partial charge in [0.25, 0.3) is 0 Å². The monoisotopic (exact) mass is 247 g/mol. The SMILES string of the molecule is CN(C)Cc1cc(Br)ccc1Cl. The minimum atomic E-state index is 0.826. The number of hydrogen-bond acceptors (Lipinski definition) is 1. The lowest BCUT2D eigenvalue weighted by Crippen LogP contribution is -2.10. The molecule has 0 atom stereocenters. The summed E-state index contributed by atoms with van der Waals surface area (Å²) in [6, 6.07) is 5.90. The molecule has 0 N–H and O–H groups in total. The van der Waals surface area contributed by atoms with Gasteiger partial charge in [0.15, 0.2) is 0 Å². The van der Waals surface area contributed by atoms with Gasteiger partial charge in [0.2, 0.25) is 0 Å². The molecule has 0 unspecified atom stereocenters. The van der Waals surface area contributed by atoms with E-state index in [1.54, 1.807) is 0 Å². The normalized spacial score (nSPS) is 10.8. The fourth-order valence-corrected chi connectivity index (χ4v) is 1.59. The van der Waals surface area contributed by atoms with Gasteiger partial charge in [-0.3, -0.25) is 0 Å². The molecule has 0 spiro atoms. The molecule has 66 valence electrons. The topological polar surface area (TPSA) is 3.24 Å². The van der Waals surface area contributed by atoms with Crippen molar-refractivity contribution in [3.8, 4) is 0 Å². The highest BCUT2D eigenvalue weighted by Crippen LogP contribution is 2.21. The predicted octanol–water partition coefficient (Wildman–Crippen LogP) is 3.16. The van der Waals surface area contributed by atoms with Gasteiger partial charge in [-0.15, -0.1) is 0 Å². The van der Waals surface area contributed by atoms with Crippen molar-refractivity contribution in [3.05, 3.63) is 33.3 Å². The smallest absolute Gasteiger partial charge is 0.0451 e. The van der Waals surface area contributed by atoms with Crippen molar-refractivity contribution in [1.82, 2.24) is 4.90 Å². The van der Waals surface area contributed by atoms with Gasteiger partial charge in [-0.2, -0.15) is 0 Å². The number of benzene rings is 1. The standard InChI is InChI=1S/C9H11BrClN/c1-12(2)6-7-5-8(10)3-4-9(7)11/h3-5H,6H2,1-2H3. The average Bonchev–Trinajstić information content (AvgIpc) is 1.96. The molecule has 3 heteroatoms. The summed E-state index contributed by atoms with van der Waals surface area (Å²) in [6.07, 6.45) is 0. The van der Waals surface area contributed by atoms with Gasteiger partial charge < -0.3 is 4.90 Å². The molecular formula is C9H11BrClN. The first-order valence-corrected chi connectivity index (χ1v) is 4.85. The van der Waals surface area contributed by atoms with Crippen molar-refractivity contribution >= 4 is 27.5 Å². The summed E-state index contributed by atoms with van der Waals surface area (Å²) in [7, 11) is 4.05. The summed E-state index contributed by atoms with van der Waals surface area (Å²) in [5.74, 6) is 0. The van der Waals surface area contributed by atoms with E-state index in [2.05, 4.69) is 20.8 Å². The summed E-state index contributed by atoms with van der Waals surface area (Å²) in [6.45, 7) is 0.873. The molecule has 0 bridgehead atoms. The second-order valence-electron chi connectivity index (χ2n) is 2.97. The Morgan fingerprint density at radius 2 is 2.08 bits per heavy atom. The zero-order valence-electron chi connectivity index (χ0n) is 7.14. The molecule has 12 heavy (non-hydrogen) atoms. The third kappa shape index (κ3) is 2.77. The molecular weight excluding hydrogens is 237 g/mol. The highest BCUT2D eigenvalue weighted by Gasteiger charge is 2.01. The second kappa shape index (κ2) is 4.26. The third-order valence-electron chi connectivity index (χ3n) is 1.49. The largest absolute Gasteiger partial charge is 0.305 e. The summed E-state index contributed by atoms with van der Waals surface area (Å²) in [4.78, 5) is 2.09. The Morgan fingerprint density at radius 3 is 2.67 bits per heavy atom. The van der Waals surface area contributed by atoms with Crippen LogP contribution >= 0.6 is 27.5 Å². The summed E-state index contributed by atoms with van der Waals surface area (Å²) in [5, 5.41) is 0.826. The van der Waals surface area contributed by atoms with E-state index in [4.69, 9.17) is 11.6 Å². The molecule has 0 fully saturated rings. The zero-order chi connectivity index (χ0) is 9.14. The Balaban J connectivity index is 2.90. The first-order valence-electron chi connectivity index (χ1n) is 3.68. The third-order valence-corrected chi connectivity index (χ3v) is 2.36. The van der Waals surface area contributed by atoms with E-state index in [-0.39, 0.29) is 0 Å². The van der Waals surface area contributed by atoms with Crippen LogP contribution in [-0.4, -0.2) is 19.0 Å². The quantitative estimate of drug-likeness (QED) is 0.777. The highest BCUT2D eigenvalue weighted by molar-refractivity contribution is 9.10. The zero-order valence-corrected chi connectivity index (χ0v) is 9.48. The van der Waals surface area contributed by atoms with Crippen LogP contribution in [0.5, 0.6) is 0 Å². The van der Waals surface area contributed by atoms with Crippen LogP contribution in [-0.2, 0) is 6.54 Å². The molecule has 0 aromatic heterocycles. The van der Waals surface area contributed by atoms with Gasteiger partial charge in [0.1, 0.15) is 0 Å². The van der Waals surface area contributed by atoms with Crippen LogP contribution < -0.4 is 0 Å². The Kier molecular flexibility index (Phi) is 3.56. The Morgan fingerprint density at radius 1 is 1.42 bits per heavy atom. The first kappa shape index (κ1) is 10.0. The van der Waals surface area contributed by atoms with Crippen molar-refractivity contribution in [3.63, 3.8) is 0 Å². The Hall–Kier alpha value is -0.0500. The van der Waals surface area contributed by atoms with Crippen LogP contribution in [0.1, 0.15) is 5.56 Å². The van der Waals surface area contributed by atoms with Crippen LogP contribution in [0.3, 0.4) is 0 Å². The minimum Gasteiger partial charge on any atom is -0.305 e. The second-order valence-corrected chi connectivity index (χ2v) is 4.30. The van der Waals surface area contributed by atoms with Crippen molar-refractivity contribution in [1.29, 1.82) is 0 Å². The molecule has 0 heterocycles. The van der Waals surface area contributed by atoms with Crippen molar-refractivity contribution in [2.45, 2.75) is 6.54 Å². The number of hydrogen-bond donors (Lipinski definition) is 0. The van der Waals surface area contributed by atoms with Crippen LogP contribution in [0.25, 0.3) is 0 Å². The van der Waals surface area contributed by atoms with Crippen LogP contribution in [0.2, 0.25) is 5.02 Å². The molecule has 1 nitrogen and oxygen atoms in total. The highest BCUT2D eigenvalue weighted by atomic mass is 79.9. The molecule has 1 aromatic rings. The Labute approximate surface area is 86.5 Å². The van der Waals surface area contributed by atoms with E-state index in [1.807, 2.05) is 32.3 Å². The van der Waals surface area contributed by atoms with E-state index in [1.165, 1.54) is 0 Å². The average molecular weight is 249 g/mol. The van der Waals surface area contributed by atoms with Gasteiger partial charge in [0.05, 0.1) is 0 Å². The summed E-state index contributed by atoms with van der Waals surface area (Å²) < 4.78 is 1.07. The van der Waals surface area contributed by atoms with E-state index in [0.29, 0.717) is 0 Å². The van der Waals surface area contributed by atoms with E-state index >= 15 is 0 Å². The van der Waals surface area contributed by atoms with Crippen molar-refractivity contribution < 1.29 is 0 Å². The maximum atomic E-state index is 5.99. The molecule has 1 aromatic carbocycles. The van der Waals surface area contributed by atoms with Crippen LogP contribution in [0, 0.1) is 0 Å². The molecule has 0 aliphatic heterocycles. The molecule has 0 amide bonds. The molecule has 0 saturated heterocycles. The van der Waals surface area contributed by atoms with Crippen LogP contribution in [0.15, 0.2) is 22.7 Å². The number of rotatable bonds is 2. The lowest BCUT2D eigenvalue weighted by atomic mass is 10.2. The van der Waals surface area contributed by atoms with Gasteiger partial charge in [-0.05, 0) is 37.9 Å². The number of nitrogens with zero attached hydrogens (tertiary/aromatic N) is 1. The van der Waals surface area contributed by atoms with Crippen molar-refractivity contribution in [2.24, 2.45) is 0 Å². The maximum absolute atomic E-state index is 5.99. The summed E-state index contributed by atoms with van der Waals surface area (Å²) in [5.41, 5.74) is 1.15. The molecule has 0 aliphatic carbocycles. The first-order chi connectivity index (χ1) is 5.59. The predicted molar refractivity (Wildman–Crippen MR) is 56.5 cm³/mol. The van der Waals surface area contributed by atoms with E-state index < -0.39 is 0 Å². The van der Waals surface area contributed by atoms with Crippen LogP contribution in [0.4, 0.5) is 0 Å². The maximum Gasteiger partial charge on any atom is 0.0451 e. The van der Waals surface area contributed by atoms with E-state index in [9.17, 15) is 0 Å². The lowest BCUT2D eigenvalue weighted by molar-refractivity contribution is 0.402. The molecule has 0 aliphatic rings. The van der Waals surface area contributed by atoms with Gasteiger partial charge in [-0.1, -0.05) is 27.5 Å². The fourth-order valence-electron chi connectivity index (χ4n) is 1.01. The Bertz CT molecular complexity index is 273. The number of halogens is 2. The van der Waals surface area contributed by atoms with Gasteiger partial charge in [0, 0.05) is 16.0 Å². The van der Waals surface area contributed by atoms with Gasteiger partial charge >= 0.3 is 0 Å². The fraction of sp³-hybridized carbons (Fsp3) is 0.333. The van der Waals surface area contributed by atoms with E-state index in [0.717, 1.165) is 21.6 Å². The van der Waals surface area contributed by atoms with Gasteiger partial charge in [-0.25, -0.2) is 0 Å². The lowest BCUT2D eigenvalue weighted by Gasteiger charge is -2.11. The molecule has 0 radical (unpaired) electrons. The molecule has 0 saturated carbocycles. The molecule has 1 rings (SSSR count). The van der Waals surface area contributed by atoms with Crippen molar-refractivity contribution in [2.75, 3.05) is 14.1 Å². The minimum absolute atomic E-state index is 0.826.